The van der Waals surface area contributed by atoms with Gasteiger partial charge >= 0.3 is 5.97 Å². The van der Waals surface area contributed by atoms with Gasteiger partial charge in [-0.15, -0.1) is 0 Å². The molecule has 1 atom stereocenters. The zero-order chi connectivity index (χ0) is 30.9. The molecule has 15 heteroatoms. The van der Waals surface area contributed by atoms with E-state index in [0.717, 1.165) is 12.0 Å². The van der Waals surface area contributed by atoms with Crippen LogP contribution in [0.4, 0.5) is 5.69 Å². The van der Waals surface area contributed by atoms with Crippen molar-refractivity contribution >= 4 is 58.5 Å². The zero-order valence-corrected chi connectivity index (χ0v) is 24.0. The Bertz CT molecular complexity index is 1600. The Hall–Kier alpha value is -4.88. The fourth-order valence-corrected chi connectivity index (χ4v) is 4.67. The van der Waals surface area contributed by atoms with Gasteiger partial charge in [0.05, 0.1) is 27.7 Å². The number of hydrogen-bond donors (Lipinski definition) is 7. The molecule has 0 radical (unpaired) electrons. The molecular formula is C28H27Cl2N7O6. The fourth-order valence-electron chi connectivity index (χ4n) is 4.01. The maximum absolute atomic E-state index is 12.9. The highest BCUT2D eigenvalue weighted by Crippen LogP contribution is 2.31. The molecule has 2 aromatic carbocycles. The Morgan fingerprint density at radius 2 is 1.70 bits per heavy atom. The van der Waals surface area contributed by atoms with Crippen LogP contribution in [-0.4, -0.2) is 72.0 Å². The van der Waals surface area contributed by atoms with Crippen molar-refractivity contribution in [3.8, 4) is 11.1 Å². The van der Waals surface area contributed by atoms with Crippen molar-refractivity contribution in [3.63, 3.8) is 0 Å². The number of H-pyrrole nitrogens is 1. The summed E-state index contributed by atoms with van der Waals surface area (Å²) in [6.45, 7) is 0.288. The number of carboxylic acids is 1. The van der Waals surface area contributed by atoms with E-state index in [0.29, 0.717) is 24.6 Å². The lowest BCUT2D eigenvalue weighted by molar-refractivity contribution is -0.139. The fraction of sp³-hybridized carbons (Fsp3) is 0.214. The minimum Gasteiger partial charge on any atom is -0.480 e. The van der Waals surface area contributed by atoms with Crippen molar-refractivity contribution in [2.45, 2.75) is 12.5 Å². The van der Waals surface area contributed by atoms with E-state index in [1.165, 1.54) is 12.3 Å². The molecule has 1 unspecified atom stereocenters. The number of pyridine rings is 1. The van der Waals surface area contributed by atoms with Gasteiger partial charge in [0, 0.05) is 25.8 Å². The molecule has 7 N–H and O–H groups in total. The summed E-state index contributed by atoms with van der Waals surface area (Å²) in [6, 6.07) is 12.1. The molecule has 3 aromatic rings. The lowest BCUT2D eigenvalue weighted by Crippen LogP contribution is -2.50. The third-order valence-electron chi connectivity index (χ3n) is 6.21. The van der Waals surface area contributed by atoms with E-state index in [2.05, 4.69) is 36.6 Å². The van der Waals surface area contributed by atoms with Crippen LogP contribution in [-0.2, 0) is 9.59 Å². The average molecular weight is 628 g/mol. The molecule has 0 saturated carbocycles. The molecule has 0 fully saturated rings. The molecule has 0 aliphatic carbocycles. The maximum Gasteiger partial charge on any atom is 0.328 e. The van der Waals surface area contributed by atoms with Gasteiger partial charge in [0.25, 0.3) is 17.4 Å². The summed E-state index contributed by atoms with van der Waals surface area (Å²) in [5.74, 6) is -3.25. The number of halogens is 2. The number of aliphatic imine (C=N–C) groups is 1. The summed E-state index contributed by atoms with van der Waals surface area (Å²) in [7, 11) is 0. The number of aromatic nitrogens is 1. The Morgan fingerprint density at radius 1 is 0.977 bits per heavy atom. The van der Waals surface area contributed by atoms with Crippen molar-refractivity contribution in [2.24, 2.45) is 4.99 Å². The number of rotatable bonds is 10. The zero-order valence-electron chi connectivity index (χ0n) is 22.5. The van der Waals surface area contributed by atoms with Crippen LogP contribution >= 0.6 is 23.2 Å². The van der Waals surface area contributed by atoms with E-state index in [9.17, 15) is 29.1 Å². The van der Waals surface area contributed by atoms with Crippen LogP contribution in [0.3, 0.4) is 0 Å². The number of anilines is 1. The Labute approximate surface area is 255 Å². The molecule has 13 nitrogen and oxygen atoms in total. The Balaban J connectivity index is 1.32. The highest BCUT2D eigenvalue weighted by Gasteiger charge is 2.25. The van der Waals surface area contributed by atoms with Gasteiger partial charge < -0.3 is 36.7 Å². The molecule has 0 bridgehead atoms. The van der Waals surface area contributed by atoms with Crippen LogP contribution in [0.1, 0.15) is 27.1 Å². The number of carbonyl (C=O) groups is 4. The molecule has 43 heavy (non-hydrogen) atoms. The molecule has 1 aromatic heterocycles. The van der Waals surface area contributed by atoms with Crippen molar-refractivity contribution in [1.29, 1.82) is 0 Å². The maximum atomic E-state index is 12.9. The van der Waals surface area contributed by atoms with Crippen LogP contribution < -0.4 is 32.1 Å². The molecular weight excluding hydrogens is 601 g/mol. The molecule has 1 aliphatic heterocycles. The summed E-state index contributed by atoms with van der Waals surface area (Å²) < 4.78 is 0. The van der Waals surface area contributed by atoms with Gasteiger partial charge in [-0.05, 0) is 35.7 Å². The SMILES string of the molecule is O=C(CNC(=O)c1c[nH]c(=O)c(NC2=NCCCN2)c1)NCC(NC(=O)c1c(Cl)cc(-c2ccccc2)cc1Cl)C(=O)O. The van der Waals surface area contributed by atoms with Gasteiger partial charge in [-0.25, -0.2) is 4.79 Å². The monoisotopic (exact) mass is 627 g/mol. The summed E-state index contributed by atoms with van der Waals surface area (Å²) in [5.41, 5.74) is 1.05. The summed E-state index contributed by atoms with van der Waals surface area (Å²) >= 11 is 12.6. The second-order valence-electron chi connectivity index (χ2n) is 9.30. The number of carboxylic acid groups (broad SMARTS) is 1. The standard InChI is InChI=1S/C28H27Cl2N7O6/c29-18-9-16(15-5-2-1-3-6-15)10-19(30)23(18)26(41)36-21(27(42)43)13-33-22(38)14-35-24(39)17-11-20(25(40)34-12-17)37-28-31-7-4-8-32-28/h1-3,5-6,9-12,21H,4,7-8,13-14H2,(H,33,38)(H,34,40)(H,35,39)(H,36,41)(H,42,43)(H2,31,32,37). The smallest absolute Gasteiger partial charge is 0.328 e. The Morgan fingerprint density at radius 3 is 2.35 bits per heavy atom. The molecule has 2 heterocycles. The highest BCUT2D eigenvalue weighted by atomic mass is 35.5. The van der Waals surface area contributed by atoms with Crippen molar-refractivity contribution in [1.82, 2.24) is 26.3 Å². The third kappa shape index (κ3) is 8.33. The number of hydrogen-bond acceptors (Lipinski definition) is 8. The predicted octanol–water partition coefficient (Wildman–Crippen LogP) is 1.84. The predicted molar refractivity (Wildman–Crippen MR) is 162 cm³/mol. The van der Waals surface area contributed by atoms with Crippen molar-refractivity contribution in [2.75, 3.05) is 31.5 Å². The first kappa shape index (κ1) is 31.1. The topological polar surface area (TPSA) is 194 Å². The molecule has 224 valence electrons. The van der Waals surface area contributed by atoms with Crippen LogP contribution in [0.2, 0.25) is 10.0 Å². The largest absolute Gasteiger partial charge is 0.480 e. The lowest BCUT2D eigenvalue weighted by atomic mass is 10.0. The first-order valence-electron chi connectivity index (χ1n) is 13.0. The second-order valence-corrected chi connectivity index (χ2v) is 10.1. The van der Waals surface area contributed by atoms with E-state index in [1.54, 1.807) is 12.1 Å². The van der Waals surface area contributed by atoms with E-state index in [4.69, 9.17) is 23.2 Å². The highest BCUT2D eigenvalue weighted by molar-refractivity contribution is 6.40. The van der Waals surface area contributed by atoms with Gasteiger partial charge in [-0.3, -0.25) is 24.2 Å². The number of aliphatic carboxylic acids is 1. The number of carbonyl (C=O) groups excluding carboxylic acids is 3. The minimum absolute atomic E-state index is 0.0170. The molecule has 0 spiro atoms. The Kier molecular flexibility index (Phi) is 10.4. The number of nitrogens with zero attached hydrogens (tertiary/aromatic N) is 1. The van der Waals surface area contributed by atoms with Gasteiger partial charge in [0.15, 0.2) is 5.96 Å². The number of nitrogens with one attached hydrogen (secondary N) is 6. The summed E-state index contributed by atoms with van der Waals surface area (Å²) in [6.07, 6.45) is 2.05. The number of amides is 3. The summed E-state index contributed by atoms with van der Waals surface area (Å²) in [5, 5.41) is 22.5. The van der Waals surface area contributed by atoms with Crippen LogP contribution in [0.5, 0.6) is 0 Å². The van der Waals surface area contributed by atoms with Crippen molar-refractivity contribution < 1.29 is 24.3 Å². The van der Waals surface area contributed by atoms with Crippen molar-refractivity contribution in [3.05, 3.63) is 86.3 Å². The van der Waals surface area contributed by atoms with Crippen LogP contribution in [0.25, 0.3) is 11.1 Å². The number of aromatic amines is 1. The van der Waals surface area contributed by atoms with E-state index in [-0.39, 0.29) is 26.9 Å². The second kappa shape index (κ2) is 14.3. The first-order chi connectivity index (χ1) is 20.6. The minimum atomic E-state index is -1.53. The number of benzene rings is 2. The van der Waals surface area contributed by atoms with Crippen LogP contribution in [0, 0.1) is 0 Å². The molecule has 1 aliphatic rings. The molecule has 0 saturated heterocycles. The first-order valence-corrected chi connectivity index (χ1v) is 13.8. The van der Waals surface area contributed by atoms with Crippen LogP contribution in [0.15, 0.2) is 64.5 Å². The number of guanidine groups is 1. The van der Waals surface area contributed by atoms with E-state index >= 15 is 0 Å². The molecule has 4 rings (SSSR count). The third-order valence-corrected chi connectivity index (χ3v) is 6.80. The lowest BCUT2D eigenvalue weighted by Gasteiger charge is -2.17. The van der Waals surface area contributed by atoms with E-state index in [1.807, 2.05) is 30.3 Å². The summed E-state index contributed by atoms with van der Waals surface area (Å²) in [4.78, 5) is 68.4. The van der Waals surface area contributed by atoms with Gasteiger partial charge in [0.1, 0.15) is 11.7 Å². The van der Waals surface area contributed by atoms with Gasteiger partial charge in [0.2, 0.25) is 5.91 Å². The van der Waals surface area contributed by atoms with Gasteiger partial charge in [-0.1, -0.05) is 53.5 Å². The molecule has 3 amide bonds. The van der Waals surface area contributed by atoms with E-state index < -0.39 is 48.4 Å². The normalized spacial score (nSPS) is 13.1. The quantitative estimate of drug-likeness (QED) is 0.177. The average Bonchev–Trinajstić information content (AvgIpc) is 2.99. The van der Waals surface area contributed by atoms with Gasteiger partial charge in [-0.2, -0.15) is 0 Å².